The van der Waals surface area contributed by atoms with Crippen LogP contribution in [0.2, 0.25) is 0 Å². The van der Waals surface area contributed by atoms with E-state index >= 15 is 0 Å². The van der Waals surface area contributed by atoms with Crippen molar-refractivity contribution in [1.29, 1.82) is 0 Å². The highest BCUT2D eigenvalue weighted by Gasteiger charge is 2.48. The standard InChI is InChI=1S/C23H28N2O3/c1-13-5-3-4-6-20(13)27-12-19-14(2)28-25-22(19)23(26)24-21-17-8-15-7-16(10-17)11-18(21)9-15/h3-6,15-18,21H,7-12H2,1-2H3,(H,24,26). The molecule has 5 heteroatoms. The average molecular weight is 380 g/mol. The van der Waals surface area contributed by atoms with E-state index in [-0.39, 0.29) is 12.5 Å². The third-order valence-electron chi connectivity index (χ3n) is 7.19. The summed E-state index contributed by atoms with van der Waals surface area (Å²) in [5.74, 6) is 4.41. The first kappa shape index (κ1) is 17.8. The molecule has 1 heterocycles. The van der Waals surface area contributed by atoms with Gasteiger partial charge in [0.25, 0.3) is 5.91 Å². The molecule has 0 atom stereocenters. The molecule has 0 unspecified atom stereocenters. The molecule has 148 valence electrons. The fraction of sp³-hybridized carbons (Fsp3) is 0.565. The fourth-order valence-corrected chi connectivity index (χ4v) is 5.99. The van der Waals surface area contributed by atoms with Crippen LogP contribution >= 0.6 is 0 Å². The fourth-order valence-electron chi connectivity index (χ4n) is 5.99. The van der Waals surface area contributed by atoms with E-state index < -0.39 is 0 Å². The number of para-hydroxylation sites is 1. The molecule has 4 aliphatic carbocycles. The maximum atomic E-state index is 13.1. The van der Waals surface area contributed by atoms with Crippen LogP contribution in [0.25, 0.3) is 0 Å². The molecule has 4 aliphatic rings. The number of nitrogens with one attached hydrogen (secondary N) is 1. The number of aromatic nitrogens is 1. The van der Waals surface area contributed by atoms with Crippen molar-refractivity contribution in [2.24, 2.45) is 23.7 Å². The lowest BCUT2D eigenvalue weighted by Crippen LogP contribution is -2.55. The van der Waals surface area contributed by atoms with Crippen molar-refractivity contribution >= 4 is 5.91 Å². The number of nitrogens with zero attached hydrogens (tertiary/aromatic N) is 1. The van der Waals surface area contributed by atoms with Crippen molar-refractivity contribution in [3.8, 4) is 5.75 Å². The van der Waals surface area contributed by atoms with E-state index in [1.165, 1.54) is 32.1 Å². The molecule has 0 spiro atoms. The molecular formula is C23H28N2O3. The van der Waals surface area contributed by atoms with E-state index in [1.54, 1.807) is 0 Å². The molecule has 1 aromatic carbocycles. The van der Waals surface area contributed by atoms with Crippen molar-refractivity contribution in [2.45, 2.75) is 58.6 Å². The number of ether oxygens (including phenoxy) is 1. The van der Waals surface area contributed by atoms with Gasteiger partial charge in [0.2, 0.25) is 0 Å². The molecule has 0 radical (unpaired) electrons. The molecule has 28 heavy (non-hydrogen) atoms. The maximum absolute atomic E-state index is 13.1. The minimum atomic E-state index is -0.113. The molecule has 4 fully saturated rings. The summed E-state index contributed by atoms with van der Waals surface area (Å²) >= 11 is 0. The molecule has 1 amide bonds. The van der Waals surface area contributed by atoms with Gasteiger partial charge in [0.1, 0.15) is 18.1 Å². The van der Waals surface area contributed by atoms with E-state index in [0.717, 1.165) is 28.7 Å². The van der Waals surface area contributed by atoms with Gasteiger partial charge in [-0.15, -0.1) is 0 Å². The summed E-state index contributed by atoms with van der Waals surface area (Å²) in [7, 11) is 0. The Hall–Kier alpha value is -2.30. The van der Waals surface area contributed by atoms with Crippen molar-refractivity contribution in [3.63, 3.8) is 0 Å². The predicted octanol–water partition coefficient (Wildman–Crippen LogP) is 4.42. The molecule has 5 nitrogen and oxygen atoms in total. The maximum Gasteiger partial charge on any atom is 0.274 e. The summed E-state index contributed by atoms with van der Waals surface area (Å²) < 4.78 is 11.3. The summed E-state index contributed by atoms with van der Waals surface area (Å²) in [5, 5.41) is 7.39. The molecule has 4 bridgehead atoms. The molecule has 0 aliphatic heterocycles. The largest absolute Gasteiger partial charge is 0.488 e. The Balaban J connectivity index is 1.30. The van der Waals surface area contributed by atoms with Gasteiger partial charge >= 0.3 is 0 Å². The highest BCUT2D eigenvalue weighted by molar-refractivity contribution is 5.94. The number of rotatable bonds is 5. The van der Waals surface area contributed by atoms with E-state index in [1.807, 2.05) is 38.1 Å². The van der Waals surface area contributed by atoms with Crippen LogP contribution in [-0.4, -0.2) is 17.1 Å². The van der Waals surface area contributed by atoms with Crippen LogP contribution in [-0.2, 0) is 6.61 Å². The monoisotopic (exact) mass is 380 g/mol. The Labute approximate surface area is 165 Å². The molecule has 1 aromatic heterocycles. The second kappa shape index (κ2) is 6.94. The zero-order valence-electron chi connectivity index (χ0n) is 16.6. The molecular weight excluding hydrogens is 352 g/mol. The van der Waals surface area contributed by atoms with Gasteiger partial charge in [-0.2, -0.15) is 0 Å². The SMILES string of the molecule is Cc1ccccc1OCc1c(C(=O)NC2C3CC4CC(C3)CC2C4)noc1C. The van der Waals surface area contributed by atoms with Gasteiger partial charge in [-0.25, -0.2) is 0 Å². The second-order valence-corrected chi connectivity index (χ2v) is 9.05. The Bertz CT molecular complexity index is 860. The molecule has 4 saturated carbocycles. The first-order valence-corrected chi connectivity index (χ1v) is 10.5. The van der Waals surface area contributed by atoms with Crippen LogP contribution < -0.4 is 10.1 Å². The minimum Gasteiger partial charge on any atom is -0.488 e. The van der Waals surface area contributed by atoms with Gasteiger partial charge in [-0.1, -0.05) is 23.4 Å². The van der Waals surface area contributed by atoms with E-state index in [4.69, 9.17) is 9.26 Å². The van der Waals surface area contributed by atoms with Crippen LogP contribution in [0.1, 0.15) is 59.5 Å². The lowest BCUT2D eigenvalue weighted by molar-refractivity contribution is -0.0120. The van der Waals surface area contributed by atoms with Crippen molar-refractivity contribution in [3.05, 3.63) is 46.8 Å². The summed E-state index contributed by atoms with van der Waals surface area (Å²) in [6.07, 6.45) is 6.52. The van der Waals surface area contributed by atoms with Gasteiger partial charge in [0.15, 0.2) is 5.69 Å². The normalized spacial score (nSPS) is 30.4. The molecule has 1 N–H and O–H groups in total. The summed E-state index contributed by atoms with van der Waals surface area (Å²) in [6.45, 7) is 4.13. The van der Waals surface area contributed by atoms with Gasteiger partial charge in [0, 0.05) is 6.04 Å². The Morgan fingerprint density at radius 2 is 1.79 bits per heavy atom. The average Bonchev–Trinajstić information content (AvgIpc) is 3.04. The highest BCUT2D eigenvalue weighted by Crippen LogP contribution is 2.53. The zero-order valence-corrected chi connectivity index (χ0v) is 16.6. The van der Waals surface area contributed by atoms with Crippen LogP contribution in [0.4, 0.5) is 0 Å². The topological polar surface area (TPSA) is 64.4 Å². The van der Waals surface area contributed by atoms with E-state index in [9.17, 15) is 4.79 Å². The van der Waals surface area contributed by atoms with E-state index in [0.29, 0.717) is 29.3 Å². The van der Waals surface area contributed by atoms with E-state index in [2.05, 4.69) is 10.5 Å². The molecule has 0 saturated heterocycles. The van der Waals surface area contributed by atoms with Gasteiger partial charge in [-0.3, -0.25) is 4.79 Å². The second-order valence-electron chi connectivity index (χ2n) is 9.05. The number of benzene rings is 1. The number of hydrogen-bond acceptors (Lipinski definition) is 4. The summed E-state index contributed by atoms with van der Waals surface area (Å²) in [4.78, 5) is 13.1. The lowest BCUT2D eigenvalue weighted by Gasteiger charge is -2.54. The third kappa shape index (κ3) is 3.11. The van der Waals surface area contributed by atoms with Crippen LogP contribution in [0.5, 0.6) is 5.75 Å². The van der Waals surface area contributed by atoms with Crippen LogP contribution in [0, 0.1) is 37.5 Å². The van der Waals surface area contributed by atoms with Gasteiger partial charge < -0.3 is 14.6 Å². The molecule has 2 aromatic rings. The Kier molecular flexibility index (Phi) is 4.41. The van der Waals surface area contributed by atoms with Crippen molar-refractivity contribution in [2.75, 3.05) is 0 Å². The van der Waals surface area contributed by atoms with Crippen molar-refractivity contribution < 1.29 is 14.1 Å². The molecule has 6 rings (SSSR count). The Morgan fingerprint density at radius 1 is 1.11 bits per heavy atom. The van der Waals surface area contributed by atoms with Crippen LogP contribution in [0.3, 0.4) is 0 Å². The lowest BCUT2D eigenvalue weighted by atomic mass is 9.54. The smallest absolute Gasteiger partial charge is 0.274 e. The first-order chi connectivity index (χ1) is 13.6. The van der Waals surface area contributed by atoms with Crippen LogP contribution in [0.15, 0.2) is 28.8 Å². The predicted molar refractivity (Wildman–Crippen MR) is 105 cm³/mol. The zero-order chi connectivity index (χ0) is 19.3. The third-order valence-corrected chi connectivity index (χ3v) is 7.19. The number of carbonyl (C=O) groups is 1. The van der Waals surface area contributed by atoms with Crippen molar-refractivity contribution in [1.82, 2.24) is 10.5 Å². The minimum absolute atomic E-state index is 0.113. The highest BCUT2D eigenvalue weighted by atomic mass is 16.5. The first-order valence-electron chi connectivity index (χ1n) is 10.5. The number of aryl methyl sites for hydroxylation is 2. The summed E-state index contributed by atoms with van der Waals surface area (Å²) in [6, 6.07) is 8.17. The van der Waals surface area contributed by atoms with Gasteiger partial charge in [0.05, 0.1) is 5.56 Å². The quantitative estimate of drug-likeness (QED) is 0.834. The Morgan fingerprint density at radius 3 is 2.46 bits per heavy atom. The number of hydrogen-bond donors (Lipinski definition) is 1. The summed E-state index contributed by atoms with van der Waals surface area (Å²) in [5.41, 5.74) is 2.18. The number of carbonyl (C=O) groups excluding carboxylic acids is 1. The van der Waals surface area contributed by atoms with Gasteiger partial charge in [-0.05, 0) is 81.3 Å². The number of amides is 1.